The molecule has 1 aliphatic heterocycles. The van der Waals surface area contributed by atoms with Crippen molar-refractivity contribution in [1.82, 2.24) is 29.4 Å². The first-order valence-electron chi connectivity index (χ1n) is 12.7. The van der Waals surface area contributed by atoms with Gasteiger partial charge in [0.05, 0.1) is 34.6 Å². The topological polar surface area (TPSA) is 91.7 Å². The monoisotopic (exact) mass is 547 g/mol. The summed E-state index contributed by atoms with van der Waals surface area (Å²) in [7, 11) is 0. The Morgan fingerprint density at radius 2 is 1.70 bits per heavy atom. The van der Waals surface area contributed by atoms with E-state index in [0.717, 1.165) is 33.6 Å². The molecule has 6 aromatic rings. The van der Waals surface area contributed by atoms with Gasteiger partial charge in [0.2, 0.25) is 11.8 Å². The lowest BCUT2D eigenvalue weighted by Crippen LogP contribution is -2.16. The maximum absolute atomic E-state index is 6.45. The van der Waals surface area contributed by atoms with Gasteiger partial charge in [-0.25, -0.2) is 19.2 Å². The fraction of sp³-hybridized carbons (Fsp3) is 0.100. The zero-order valence-corrected chi connectivity index (χ0v) is 22.1. The van der Waals surface area contributed by atoms with Gasteiger partial charge in [-0.15, -0.1) is 5.10 Å². The predicted octanol–water partition coefficient (Wildman–Crippen LogP) is 6.11. The molecule has 7 rings (SSSR count). The molecule has 1 aliphatic rings. The van der Waals surface area contributed by atoms with Crippen LogP contribution < -0.4 is 4.74 Å². The number of aryl methyl sites for hydroxylation is 1. The van der Waals surface area contributed by atoms with Crippen LogP contribution in [0.2, 0.25) is 5.02 Å². The van der Waals surface area contributed by atoms with Crippen LogP contribution in [0.4, 0.5) is 0 Å². The molecule has 0 spiro atoms. The van der Waals surface area contributed by atoms with Crippen molar-refractivity contribution in [2.45, 2.75) is 19.4 Å². The summed E-state index contributed by atoms with van der Waals surface area (Å²) in [4.78, 5) is 14.9. The van der Waals surface area contributed by atoms with Crippen LogP contribution in [-0.4, -0.2) is 35.6 Å². The normalized spacial score (nSPS) is 14.2. The molecule has 0 radical (unpaired) electrons. The fourth-order valence-electron chi connectivity index (χ4n) is 4.98. The lowest BCUT2D eigenvalue weighted by Gasteiger charge is -2.26. The van der Waals surface area contributed by atoms with E-state index in [0.29, 0.717) is 28.3 Å². The molecule has 1 atom stereocenters. The molecular weight excluding hydrogens is 526 g/mol. The summed E-state index contributed by atoms with van der Waals surface area (Å²) in [5.41, 5.74) is 6.00. The number of ether oxygens (including phenoxy) is 1. The minimum atomic E-state index is -0.218. The van der Waals surface area contributed by atoms with Crippen molar-refractivity contribution in [2.24, 2.45) is 5.16 Å². The first-order valence-corrected chi connectivity index (χ1v) is 13.1. The van der Waals surface area contributed by atoms with Crippen LogP contribution >= 0.6 is 11.6 Å². The van der Waals surface area contributed by atoms with Crippen LogP contribution in [0.5, 0.6) is 11.8 Å². The number of nitrogens with zero attached hydrogens (tertiary/aromatic N) is 7. The Labute approximate surface area is 234 Å². The molecule has 0 bridgehead atoms. The molecule has 40 heavy (non-hydrogen) atoms. The third kappa shape index (κ3) is 4.17. The second-order valence-corrected chi connectivity index (χ2v) is 9.69. The number of halogens is 1. The van der Waals surface area contributed by atoms with Crippen molar-refractivity contribution in [3.63, 3.8) is 0 Å². The van der Waals surface area contributed by atoms with Crippen LogP contribution in [0.1, 0.15) is 39.7 Å². The molecule has 3 aromatic carbocycles. The summed E-state index contributed by atoms with van der Waals surface area (Å²) in [5, 5.41) is 14.1. The summed E-state index contributed by atoms with van der Waals surface area (Å²) in [6.07, 6.45) is 3.16. The highest BCUT2D eigenvalue weighted by Gasteiger charge is 2.38. The second-order valence-electron chi connectivity index (χ2n) is 9.29. The lowest BCUT2D eigenvalue weighted by molar-refractivity contribution is 0.126. The van der Waals surface area contributed by atoms with Crippen molar-refractivity contribution in [2.75, 3.05) is 0 Å². The molecule has 0 aliphatic carbocycles. The summed E-state index contributed by atoms with van der Waals surface area (Å²) in [6, 6.07) is 27.6. The summed E-state index contributed by atoms with van der Waals surface area (Å²) < 4.78 is 9.93. The largest absolute Gasteiger partial charge is 0.420 e. The molecule has 1 unspecified atom stereocenters. The van der Waals surface area contributed by atoms with E-state index in [1.807, 2.05) is 78.3 Å². The quantitative estimate of drug-likeness (QED) is 0.184. The molecule has 9 nitrogen and oxygen atoms in total. The van der Waals surface area contributed by atoms with Gasteiger partial charge >= 0.3 is 0 Å². The minimum absolute atomic E-state index is 0.0739. The summed E-state index contributed by atoms with van der Waals surface area (Å²) in [6.45, 7) is 2.07. The Bertz CT molecular complexity index is 1870. The number of aromatic nitrogens is 6. The van der Waals surface area contributed by atoms with Crippen LogP contribution in [0.3, 0.4) is 0 Å². The average Bonchev–Trinajstić information content (AvgIpc) is 3.56. The Balaban J connectivity index is 1.29. The van der Waals surface area contributed by atoms with Crippen molar-refractivity contribution >= 4 is 23.5 Å². The van der Waals surface area contributed by atoms with Gasteiger partial charge in [0.25, 0.3) is 0 Å². The maximum atomic E-state index is 6.45. The Kier molecular flexibility index (Phi) is 5.98. The average molecular weight is 548 g/mol. The molecule has 0 N–H and O–H groups in total. The zero-order valence-electron chi connectivity index (χ0n) is 21.3. The molecular formula is C30H22ClN7O2. The number of hydrogen-bond acceptors (Lipinski definition) is 7. The molecule has 0 fully saturated rings. The van der Waals surface area contributed by atoms with Gasteiger partial charge in [-0.1, -0.05) is 83.5 Å². The van der Waals surface area contributed by atoms with E-state index in [-0.39, 0.29) is 12.5 Å². The summed E-state index contributed by atoms with van der Waals surface area (Å²) >= 11 is 6.19. The third-order valence-corrected chi connectivity index (χ3v) is 7.11. The molecule has 0 saturated heterocycles. The van der Waals surface area contributed by atoms with Gasteiger partial charge in [0.15, 0.2) is 18.1 Å². The van der Waals surface area contributed by atoms with E-state index in [4.69, 9.17) is 31.3 Å². The number of fused-ring (bicyclic) bond motifs is 4. The molecule has 196 valence electrons. The van der Waals surface area contributed by atoms with Gasteiger partial charge < -0.3 is 9.57 Å². The number of para-hydroxylation sites is 1. The van der Waals surface area contributed by atoms with Crippen LogP contribution in [0, 0.1) is 6.92 Å². The van der Waals surface area contributed by atoms with Gasteiger partial charge in [-0.3, -0.25) is 0 Å². The van der Waals surface area contributed by atoms with Gasteiger partial charge in [-0.05, 0) is 30.7 Å². The number of oxime groups is 1. The highest BCUT2D eigenvalue weighted by atomic mass is 35.5. The maximum Gasteiger partial charge on any atom is 0.230 e. The van der Waals surface area contributed by atoms with Gasteiger partial charge in [-0.2, -0.15) is 5.10 Å². The highest BCUT2D eigenvalue weighted by Crippen LogP contribution is 2.49. The third-order valence-electron chi connectivity index (χ3n) is 6.76. The van der Waals surface area contributed by atoms with Crippen LogP contribution in [-0.2, 0) is 11.4 Å². The van der Waals surface area contributed by atoms with Crippen molar-refractivity contribution in [3.05, 3.63) is 130 Å². The first kappa shape index (κ1) is 24.1. The van der Waals surface area contributed by atoms with Crippen LogP contribution in [0.25, 0.3) is 11.3 Å². The number of rotatable bonds is 6. The van der Waals surface area contributed by atoms with E-state index in [1.165, 1.54) is 0 Å². The SMILES string of the molecule is Cc1nn(-c2ccccc2)c2c1C(c1ccccc1)c1c(ncn3nc(CO/N=C/c4ccccc4Cl)nc13)O2. The van der Waals surface area contributed by atoms with E-state index in [1.54, 1.807) is 23.1 Å². The minimum Gasteiger partial charge on any atom is -0.420 e. The predicted molar refractivity (Wildman–Crippen MR) is 150 cm³/mol. The van der Waals surface area contributed by atoms with E-state index >= 15 is 0 Å². The Morgan fingerprint density at radius 1 is 0.950 bits per heavy atom. The molecule has 4 heterocycles. The van der Waals surface area contributed by atoms with Crippen molar-refractivity contribution in [3.8, 4) is 17.4 Å². The number of hydrogen-bond donors (Lipinski definition) is 0. The van der Waals surface area contributed by atoms with Crippen molar-refractivity contribution in [1.29, 1.82) is 0 Å². The lowest BCUT2D eigenvalue weighted by atomic mass is 9.84. The van der Waals surface area contributed by atoms with Gasteiger partial charge in [0, 0.05) is 10.6 Å². The zero-order chi connectivity index (χ0) is 27.1. The smallest absolute Gasteiger partial charge is 0.230 e. The highest BCUT2D eigenvalue weighted by molar-refractivity contribution is 6.33. The molecule has 3 aromatic heterocycles. The summed E-state index contributed by atoms with van der Waals surface area (Å²) in [5.74, 6) is 1.34. The molecule has 10 heteroatoms. The molecule has 0 amide bonds. The molecule has 0 saturated carbocycles. The van der Waals surface area contributed by atoms with Crippen LogP contribution in [0.15, 0.2) is 96.4 Å². The number of benzene rings is 3. The first-order chi connectivity index (χ1) is 19.7. The van der Waals surface area contributed by atoms with E-state index < -0.39 is 0 Å². The Morgan fingerprint density at radius 3 is 2.50 bits per heavy atom. The van der Waals surface area contributed by atoms with Gasteiger partial charge in [0.1, 0.15) is 6.33 Å². The van der Waals surface area contributed by atoms with Crippen molar-refractivity contribution < 1.29 is 9.57 Å². The van der Waals surface area contributed by atoms with E-state index in [9.17, 15) is 0 Å². The fourth-order valence-corrected chi connectivity index (χ4v) is 5.16. The Hall–Kier alpha value is -5.02. The standard InChI is InChI=1S/C30H22ClN7O2/c1-19-25-26(20-10-4-2-5-11-20)27-28-34-24(17-39-33-16-21-12-8-9-15-23(21)31)36-37(28)18-32-29(27)40-30(25)38(35-19)22-13-6-3-7-14-22/h2-16,18,26H,17H2,1H3/b33-16+. The van der Waals surface area contributed by atoms with E-state index in [2.05, 4.69) is 27.4 Å². The second kappa shape index (κ2) is 9.94.